The normalized spacial score (nSPS) is 25.7. The summed E-state index contributed by atoms with van der Waals surface area (Å²) in [5.74, 6) is 0. The first kappa shape index (κ1) is 7.03. The molecule has 1 unspecified atom stereocenters. The van der Waals surface area contributed by atoms with Gasteiger partial charge in [0, 0.05) is 6.04 Å². The summed E-state index contributed by atoms with van der Waals surface area (Å²) in [7, 11) is 0. The largest absolute Gasteiger partial charge is 0.317 e. The van der Waals surface area contributed by atoms with Crippen LogP contribution in [0.4, 0.5) is 0 Å². The van der Waals surface area contributed by atoms with Crippen molar-refractivity contribution < 1.29 is 5.21 Å². The predicted molar refractivity (Wildman–Crippen MR) is 36.3 cm³/mol. The third-order valence-electron chi connectivity index (χ3n) is 2.12. The Morgan fingerprint density at radius 1 is 1.67 bits per heavy atom. The first-order valence-corrected chi connectivity index (χ1v) is 3.56. The molecule has 1 atom stereocenters. The average molecular weight is 129 g/mol. The van der Waals surface area contributed by atoms with Crippen molar-refractivity contribution in [2.45, 2.75) is 39.2 Å². The Hall–Kier alpha value is -0.0800. The molecule has 54 valence electrons. The number of rotatable bonds is 3. The predicted octanol–water partition coefficient (Wildman–Crippen LogP) is 1.54. The lowest BCUT2D eigenvalue weighted by molar-refractivity contribution is 0.119. The quantitative estimate of drug-likeness (QED) is 0.566. The van der Waals surface area contributed by atoms with Crippen LogP contribution in [0, 0.1) is 5.41 Å². The molecule has 0 bridgehead atoms. The highest BCUT2D eigenvalue weighted by Gasteiger charge is 2.37. The van der Waals surface area contributed by atoms with Crippen molar-refractivity contribution in [2.24, 2.45) is 5.41 Å². The Balaban J connectivity index is 2.17. The van der Waals surface area contributed by atoms with Gasteiger partial charge in [-0.2, -0.15) is 0 Å². The summed E-state index contributed by atoms with van der Waals surface area (Å²) in [5.41, 5.74) is 2.81. The SMILES string of the molecule is CC(CC1(C)CC1)NO. The molecule has 9 heavy (non-hydrogen) atoms. The van der Waals surface area contributed by atoms with E-state index < -0.39 is 0 Å². The first-order chi connectivity index (χ1) is 4.16. The van der Waals surface area contributed by atoms with E-state index in [1.807, 2.05) is 6.92 Å². The van der Waals surface area contributed by atoms with Gasteiger partial charge in [-0.05, 0) is 31.6 Å². The van der Waals surface area contributed by atoms with E-state index in [9.17, 15) is 0 Å². The lowest BCUT2D eigenvalue weighted by Crippen LogP contribution is -2.24. The van der Waals surface area contributed by atoms with E-state index in [-0.39, 0.29) is 6.04 Å². The van der Waals surface area contributed by atoms with E-state index in [1.54, 1.807) is 0 Å². The molecule has 0 radical (unpaired) electrons. The van der Waals surface area contributed by atoms with Gasteiger partial charge in [-0.1, -0.05) is 6.92 Å². The van der Waals surface area contributed by atoms with Gasteiger partial charge in [0.05, 0.1) is 0 Å². The highest BCUT2D eigenvalue weighted by atomic mass is 16.5. The fourth-order valence-electron chi connectivity index (χ4n) is 1.20. The molecule has 1 aliphatic carbocycles. The fourth-order valence-corrected chi connectivity index (χ4v) is 1.20. The highest BCUT2D eigenvalue weighted by Crippen LogP contribution is 2.48. The van der Waals surface area contributed by atoms with Crippen LogP contribution in [0.3, 0.4) is 0 Å². The molecule has 0 aromatic rings. The second-order valence-corrected chi connectivity index (χ2v) is 3.54. The molecule has 0 saturated heterocycles. The molecule has 1 rings (SSSR count). The van der Waals surface area contributed by atoms with Crippen molar-refractivity contribution in [1.29, 1.82) is 0 Å². The van der Waals surface area contributed by atoms with Crippen LogP contribution in [0.5, 0.6) is 0 Å². The van der Waals surface area contributed by atoms with Gasteiger partial charge in [0.2, 0.25) is 0 Å². The molecule has 0 amide bonds. The molecule has 0 heterocycles. The Bertz CT molecular complexity index is 99.1. The third-order valence-corrected chi connectivity index (χ3v) is 2.12. The fraction of sp³-hybridized carbons (Fsp3) is 1.00. The minimum Gasteiger partial charge on any atom is -0.317 e. The zero-order valence-electron chi connectivity index (χ0n) is 6.15. The van der Waals surface area contributed by atoms with Crippen LogP contribution < -0.4 is 5.48 Å². The van der Waals surface area contributed by atoms with Crippen LogP contribution in [0.1, 0.15) is 33.1 Å². The number of nitrogens with one attached hydrogen (secondary N) is 1. The molecule has 2 nitrogen and oxygen atoms in total. The Morgan fingerprint density at radius 3 is 2.56 bits per heavy atom. The zero-order valence-corrected chi connectivity index (χ0v) is 6.15. The van der Waals surface area contributed by atoms with Gasteiger partial charge >= 0.3 is 0 Å². The van der Waals surface area contributed by atoms with Crippen LogP contribution in [0.15, 0.2) is 0 Å². The van der Waals surface area contributed by atoms with E-state index >= 15 is 0 Å². The van der Waals surface area contributed by atoms with E-state index in [4.69, 9.17) is 5.21 Å². The molecule has 1 saturated carbocycles. The molecule has 1 fully saturated rings. The minimum atomic E-state index is 0.262. The highest BCUT2D eigenvalue weighted by molar-refractivity contribution is 4.90. The second-order valence-electron chi connectivity index (χ2n) is 3.54. The summed E-state index contributed by atoms with van der Waals surface area (Å²) in [4.78, 5) is 0. The topological polar surface area (TPSA) is 32.3 Å². The second kappa shape index (κ2) is 2.27. The Kier molecular flexibility index (Phi) is 1.78. The molecule has 0 aromatic carbocycles. The van der Waals surface area contributed by atoms with E-state index in [1.165, 1.54) is 12.8 Å². The van der Waals surface area contributed by atoms with Gasteiger partial charge in [0.1, 0.15) is 0 Å². The van der Waals surface area contributed by atoms with Crippen LogP contribution in [0.2, 0.25) is 0 Å². The van der Waals surface area contributed by atoms with E-state index in [0.29, 0.717) is 5.41 Å². The van der Waals surface area contributed by atoms with Crippen molar-refractivity contribution in [3.63, 3.8) is 0 Å². The van der Waals surface area contributed by atoms with Crippen LogP contribution in [-0.2, 0) is 0 Å². The van der Waals surface area contributed by atoms with Crippen molar-refractivity contribution in [2.75, 3.05) is 0 Å². The van der Waals surface area contributed by atoms with Gasteiger partial charge < -0.3 is 5.21 Å². The Labute approximate surface area is 56.2 Å². The molecule has 0 aromatic heterocycles. The Morgan fingerprint density at radius 2 is 2.22 bits per heavy atom. The molecule has 0 spiro atoms. The van der Waals surface area contributed by atoms with Crippen LogP contribution in [-0.4, -0.2) is 11.2 Å². The monoisotopic (exact) mass is 129 g/mol. The van der Waals surface area contributed by atoms with Gasteiger partial charge in [0.25, 0.3) is 0 Å². The van der Waals surface area contributed by atoms with Crippen molar-refractivity contribution in [3.05, 3.63) is 0 Å². The number of hydroxylamine groups is 1. The number of hydrogen-bond acceptors (Lipinski definition) is 2. The summed E-state index contributed by atoms with van der Waals surface area (Å²) in [6.07, 6.45) is 3.77. The molecular weight excluding hydrogens is 114 g/mol. The zero-order chi connectivity index (χ0) is 6.91. The molecule has 0 aliphatic heterocycles. The maximum absolute atomic E-state index is 8.48. The summed E-state index contributed by atoms with van der Waals surface area (Å²) in [6.45, 7) is 4.27. The minimum absolute atomic E-state index is 0.262. The first-order valence-electron chi connectivity index (χ1n) is 3.56. The standard InChI is InChI=1S/C7H15NO/c1-6(8-9)5-7(2)3-4-7/h6,8-9H,3-5H2,1-2H3. The van der Waals surface area contributed by atoms with E-state index in [2.05, 4.69) is 12.4 Å². The average Bonchev–Trinajstić information content (AvgIpc) is 2.48. The summed E-state index contributed by atoms with van der Waals surface area (Å²) < 4.78 is 0. The maximum Gasteiger partial charge on any atom is 0.0296 e. The third kappa shape index (κ3) is 1.95. The number of hydrogen-bond donors (Lipinski definition) is 2. The van der Waals surface area contributed by atoms with Gasteiger partial charge in [-0.3, -0.25) is 0 Å². The van der Waals surface area contributed by atoms with Crippen LogP contribution >= 0.6 is 0 Å². The summed E-state index contributed by atoms with van der Waals surface area (Å²) >= 11 is 0. The van der Waals surface area contributed by atoms with Crippen molar-refractivity contribution in [1.82, 2.24) is 5.48 Å². The van der Waals surface area contributed by atoms with Crippen molar-refractivity contribution in [3.8, 4) is 0 Å². The lowest BCUT2D eigenvalue weighted by atomic mass is 10.0. The lowest BCUT2D eigenvalue weighted by Gasteiger charge is -2.13. The van der Waals surface area contributed by atoms with E-state index in [0.717, 1.165) is 6.42 Å². The molecular formula is C7H15NO. The molecule has 2 N–H and O–H groups in total. The summed E-state index contributed by atoms with van der Waals surface area (Å²) in [5, 5.41) is 8.48. The van der Waals surface area contributed by atoms with Gasteiger partial charge in [-0.15, -0.1) is 0 Å². The van der Waals surface area contributed by atoms with Crippen LogP contribution in [0.25, 0.3) is 0 Å². The molecule has 2 heteroatoms. The maximum atomic E-state index is 8.48. The van der Waals surface area contributed by atoms with Gasteiger partial charge in [-0.25, -0.2) is 5.48 Å². The molecule has 1 aliphatic rings. The summed E-state index contributed by atoms with van der Waals surface area (Å²) in [6, 6.07) is 0.262. The smallest absolute Gasteiger partial charge is 0.0296 e. The van der Waals surface area contributed by atoms with Crippen molar-refractivity contribution >= 4 is 0 Å². The van der Waals surface area contributed by atoms with Gasteiger partial charge in [0.15, 0.2) is 0 Å².